The van der Waals surface area contributed by atoms with E-state index in [-0.39, 0.29) is 0 Å². The molecule has 2 aromatic rings. The number of hydrogen-bond donors (Lipinski definition) is 1. The number of imidazole rings is 1. The Kier molecular flexibility index (Phi) is 4.21. The Labute approximate surface area is 113 Å². The molecule has 0 aliphatic heterocycles. The Hall–Kier alpha value is -1.82. The summed E-state index contributed by atoms with van der Waals surface area (Å²) >= 11 is 0. The Balaban J connectivity index is 1.93. The summed E-state index contributed by atoms with van der Waals surface area (Å²) in [7, 11) is -3.19. The molecule has 0 aliphatic carbocycles. The minimum Gasteiger partial charge on any atom is -0.384 e. The van der Waals surface area contributed by atoms with Gasteiger partial charge >= 0.3 is 0 Å². The van der Waals surface area contributed by atoms with Gasteiger partial charge in [-0.1, -0.05) is 12.1 Å². The predicted molar refractivity (Wildman–Crippen MR) is 74.9 cm³/mol. The van der Waals surface area contributed by atoms with Gasteiger partial charge in [-0.25, -0.2) is 13.4 Å². The van der Waals surface area contributed by atoms with E-state index in [1.807, 2.05) is 16.8 Å². The second kappa shape index (κ2) is 5.88. The highest BCUT2D eigenvalue weighted by Crippen LogP contribution is 2.20. The first kappa shape index (κ1) is 13.6. The molecule has 0 radical (unpaired) electrons. The zero-order valence-electron chi connectivity index (χ0n) is 10.8. The number of aryl methyl sites for hydroxylation is 1. The summed E-state index contributed by atoms with van der Waals surface area (Å²) in [5.41, 5.74) is 0.663. The molecule has 6 heteroatoms. The van der Waals surface area contributed by atoms with Crippen molar-refractivity contribution in [3.05, 3.63) is 43.0 Å². The van der Waals surface area contributed by atoms with Crippen LogP contribution in [0.2, 0.25) is 0 Å². The van der Waals surface area contributed by atoms with Crippen molar-refractivity contribution in [2.75, 3.05) is 18.1 Å². The number of benzene rings is 1. The van der Waals surface area contributed by atoms with E-state index >= 15 is 0 Å². The Bertz CT molecular complexity index is 621. The van der Waals surface area contributed by atoms with Gasteiger partial charge in [-0.05, 0) is 18.6 Å². The number of para-hydroxylation sites is 1. The summed E-state index contributed by atoms with van der Waals surface area (Å²) in [6, 6.07) is 6.96. The molecule has 0 spiro atoms. The highest BCUT2D eigenvalue weighted by molar-refractivity contribution is 7.90. The molecule has 0 saturated carbocycles. The van der Waals surface area contributed by atoms with E-state index in [0.29, 0.717) is 17.1 Å². The third-order valence-corrected chi connectivity index (χ3v) is 3.91. The first-order valence-electron chi connectivity index (χ1n) is 6.06. The number of sulfone groups is 1. The van der Waals surface area contributed by atoms with Crippen molar-refractivity contribution < 1.29 is 8.42 Å². The average molecular weight is 279 g/mol. The van der Waals surface area contributed by atoms with E-state index < -0.39 is 9.84 Å². The molecule has 0 bridgehead atoms. The number of nitrogens with zero attached hydrogens (tertiary/aromatic N) is 2. The molecule has 0 unspecified atom stereocenters. The van der Waals surface area contributed by atoms with Crippen molar-refractivity contribution in [3.8, 4) is 0 Å². The van der Waals surface area contributed by atoms with Gasteiger partial charge in [-0.15, -0.1) is 0 Å². The number of nitrogens with one attached hydrogen (secondary N) is 1. The number of aromatic nitrogens is 2. The van der Waals surface area contributed by atoms with E-state index in [9.17, 15) is 8.42 Å². The number of rotatable bonds is 6. The maximum absolute atomic E-state index is 11.6. The minimum atomic E-state index is -3.19. The number of hydrogen-bond acceptors (Lipinski definition) is 4. The van der Waals surface area contributed by atoms with E-state index in [1.54, 1.807) is 30.7 Å². The van der Waals surface area contributed by atoms with E-state index in [2.05, 4.69) is 10.3 Å². The lowest BCUT2D eigenvalue weighted by molar-refractivity contribution is 0.602. The fourth-order valence-electron chi connectivity index (χ4n) is 1.84. The van der Waals surface area contributed by atoms with Gasteiger partial charge < -0.3 is 9.88 Å². The Morgan fingerprint density at radius 2 is 2.11 bits per heavy atom. The lowest BCUT2D eigenvalue weighted by Crippen LogP contribution is -2.09. The van der Waals surface area contributed by atoms with Crippen LogP contribution in [0.5, 0.6) is 0 Å². The summed E-state index contributed by atoms with van der Waals surface area (Å²) in [6.07, 6.45) is 7.54. The van der Waals surface area contributed by atoms with Crippen molar-refractivity contribution in [1.29, 1.82) is 0 Å². The molecule has 1 N–H and O–H groups in total. The average Bonchev–Trinajstić information content (AvgIpc) is 2.87. The maximum atomic E-state index is 11.6. The smallest absolute Gasteiger partial charge is 0.177 e. The normalized spacial score (nSPS) is 11.4. The topological polar surface area (TPSA) is 64.0 Å². The van der Waals surface area contributed by atoms with Crippen molar-refractivity contribution in [1.82, 2.24) is 9.55 Å². The SMILES string of the molecule is CS(=O)(=O)c1ccccc1NCCCn1ccnc1. The van der Waals surface area contributed by atoms with Crippen LogP contribution in [-0.2, 0) is 16.4 Å². The summed E-state index contributed by atoms with van der Waals surface area (Å²) in [4.78, 5) is 4.31. The fourth-order valence-corrected chi connectivity index (χ4v) is 2.71. The van der Waals surface area contributed by atoms with Crippen molar-refractivity contribution in [2.24, 2.45) is 0 Å². The van der Waals surface area contributed by atoms with E-state index in [0.717, 1.165) is 13.0 Å². The molecular formula is C13H17N3O2S. The van der Waals surface area contributed by atoms with Gasteiger partial charge in [0.2, 0.25) is 0 Å². The third kappa shape index (κ3) is 3.82. The Morgan fingerprint density at radius 1 is 1.32 bits per heavy atom. The molecule has 0 atom stereocenters. The molecule has 0 aliphatic rings. The van der Waals surface area contributed by atoms with Gasteiger partial charge in [-0.3, -0.25) is 0 Å². The van der Waals surface area contributed by atoms with Gasteiger partial charge in [0.05, 0.1) is 16.9 Å². The van der Waals surface area contributed by atoms with Crippen LogP contribution in [0.4, 0.5) is 5.69 Å². The molecule has 1 heterocycles. The summed E-state index contributed by atoms with van der Waals surface area (Å²) in [5, 5.41) is 3.17. The zero-order chi connectivity index (χ0) is 13.7. The highest BCUT2D eigenvalue weighted by Gasteiger charge is 2.11. The second-order valence-electron chi connectivity index (χ2n) is 4.35. The quantitative estimate of drug-likeness (QED) is 0.819. The van der Waals surface area contributed by atoms with Crippen LogP contribution in [0.1, 0.15) is 6.42 Å². The van der Waals surface area contributed by atoms with Gasteiger partial charge in [-0.2, -0.15) is 0 Å². The lowest BCUT2D eigenvalue weighted by atomic mass is 10.3. The molecule has 1 aromatic heterocycles. The van der Waals surface area contributed by atoms with E-state index in [1.165, 1.54) is 6.26 Å². The first-order chi connectivity index (χ1) is 9.07. The molecule has 19 heavy (non-hydrogen) atoms. The van der Waals surface area contributed by atoms with Crippen molar-refractivity contribution in [2.45, 2.75) is 17.9 Å². The molecule has 0 saturated heterocycles. The van der Waals surface area contributed by atoms with Crippen LogP contribution >= 0.6 is 0 Å². The number of anilines is 1. The minimum absolute atomic E-state index is 0.345. The largest absolute Gasteiger partial charge is 0.384 e. The standard InChI is InChI=1S/C13H17N3O2S/c1-19(17,18)13-6-3-2-5-12(13)15-7-4-9-16-10-8-14-11-16/h2-3,5-6,8,10-11,15H,4,7,9H2,1H3. The molecule has 2 rings (SSSR count). The summed E-state index contributed by atoms with van der Waals surface area (Å²) in [6.45, 7) is 1.57. The maximum Gasteiger partial charge on any atom is 0.177 e. The lowest BCUT2D eigenvalue weighted by Gasteiger charge is -2.10. The van der Waals surface area contributed by atoms with Crippen LogP contribution in [-0.4, -0.2) is 30.8 Å². The Morgan fingerprint density at radius 3 is 2.79 bits per heavy atom. The van der Waals surface area contributed by atoms with Crippen LogP contribution in [0.3, 0.4) is 0 Å². The first-order valence-corrected chi connectivity index (χ1v) is 7.95. The summed E-state index contributed by atoms with van der Waals surface area (Å²) in [5.74, 6) is 0. The van der Waals surface area contributed by atoms with Crippen LogP contribution in [0, 0.1) is 0 Å². The molecule has 1 aromatic carbocycles. The van der Waals surface area contributed by atoms with Crippen molar-refractivity contribution >= 4 is 15.5 Å². The van der Waals surface area contributed by atoms with E-state index in [4.69, 9.17) is 0 Å². The van der Waals surface area contributed by atoms with Gasteiger partial charge in [0.1, 0.15) is 0 Å². The predicted octanol–water partition coefficient (Wildman–Crippen LogP) is 1.79. The van der Waals surface area contributed by atoms with Crippen LogP contribution < -0.4 is 5.32 Å². The molecular weight excluding hydrogens is 262 g/mol. The molecule has 0 fully saturated rings. The monoisotopic (exact) mass is 279 g/mol. The molecule has 0 amide bonds. The second-order valence-corrected chi connectivity index (χ2v) is 6.33. The van der Waals surface area contributed by atoms with Crippen molar-refractivity contribution in [3.63, 3.8) is 0 Å². The van der Waals surface area contributed by atoms with Gasteiger partial charge in [0, 0.05) is 31.7 Å². The molecule has 102 valence electrons. The fraction of sp³-hybridized carbons (Fsp3) is 0.308. The van der Waals surface area contributed by atoms with Gasteiger partial charge in [0.15, 0.2) is 9.84 Å². The zero-order valence-corrected chi connectivity index (χ0v) is 11.6. The third-order valence-electron chi connectivity index (χ3n) is 2.75. The van der Waals surface area contributed by atoms with Gasteiger partial charge in [0.25, 0.3) is 0 Å². The van der Waals surface area contributed by atoms with Crippen LogP contribution in [0.25, 0.3) is 0 Å². The molecule has 5 nitrogen and oxygen atoms in total. The van der Waals surface area contributed by atoms with Crippen LogP contribution in [0.15, 0.2) is 47.9 Å². The summed E-state index contributed by atoms with van der Waals surface area (Å²) < 4.78 is 25.2. The highest BCUT2D eigenvalue weighted by atomic mass is 32.2.